The number of hydrogen-bond donors (Lipinski definition) is 0. The van der Waals surface area contributed by atoms with Gasteiger partial charge in [0.1, 0.15) is 11.6 Å². The zero-order valence-corrected chi connectivity index (χ0v) is 15.0. The molecule has 5 heteroatoms. The zero-order valence-electron chi connectivity index (χ0n) is 15.0. The van der Waals surface area contributed by atoms with Gasteiger partial charge in [-0.3, -0.25) is 9.59 Å². The molecule has 0 unspecified atom stereocenters. The van der Waals surface area contributed by atoms with Crippen molar-refractivity contribution in [3.63, 3.8) is 0 Å². The molecule has 0 bridgehead atoms. The maximum absolute atomic E-state index is 12.5. The first kappa shape index (κ1) is 21.4. The highest BCUT2D eigenvalue weighted by atomic mass is 19.4. The number of alkyl halides is 3. The lowest BCUT2D eigenvalue weighted by atomic mass is 9.90. The van der Waals surface area contributed by atoms with E-state index >= 15 is 0 Å². The van der Waals surface area contributed by atoms with Gasteiger partial charge in [-0.05, 0) is 37.0 Å². The van der Waals surface area contributed by atoms with Crippen LogP contribution in [0.2, 0.25) is 0 Å². The Bertz CT molecular complexity index is 531. The first-order valence-electron chi connectivity index (χ1n) is 9.01. The van der Waals surface area contributed by atoms with Crippen molar-refractivity contribution in [2.45, 2.75) is 71.4 Å². The van der Waals surface area contributed by atoms with E-state index in [2.05, 4.69) is 0 Å². The van der Waals surface area contributed by atoms with Crippen molar-refractivity contribution in [3.05, 3.63) is 35.4 Å². The third kappa shape index (κ3) is 7.41. The van der Waals surface area contributed by atoms with Gasteiger partial charge in [-0.25, -0.2) is 0 Å². The molecule has 2 nitrogen and oxygen atoms in total. The maximum atomic E-state index is 12.5. The van der Waals surface area contributed by atoms with Crippen molar-refractivity contribution in [1.29, 1.82) is 0 Å². The van der Waals surface area contributed by atoms with Crippen LogP contribution in [0.25, 0.3) is 0 Å². The van der Waals surface area contributed by atoms with Gasteiger partial charge in [0.2, 0.25) is 0 Å². The first-order valence-corrected chi connectivity index (χ1v) is 9.01. The number of benzene rings is 1. The molecule has 0 saturated heterocycles. The SMILES string of the molecule is CCC(=O)C(CCCCCCc1ccc(C(F)(F)F)cc1)C(=O)CC. The van der Waals surface area contributed by atoms with Crippen molar-refractivity contribution in [3.8, 4) is 0 Å². The molecule has 0 amide bonds. The Labute approximate surface area is 147 Å². The highest BCUT2D eigenvalue weighted by molar-refractivity contribution is 6.02. The second-order valence-electron chi connectivity index (χ2n) is 6.34. The molecule has 0 aliphatic heterocycles. The molecule has 0 fully saturated rings. The highest BCUT2D eigenvalue weighted by Gasteiger charge is 2.29. The molecule has 0 aliphatic rings. The molecule has 0 spiro atoms. The monoisotopic (exact) mass is 356 g/mol. The summed E-state index contributed by atoms with van der Waals surface area (Å²) in [5.74, 6) is -0.405. The number of Topliss-reactive ketones (excluding diaryl/α,β-unsaturated/α-hetero) is 2. The summed E-state index contributed by atoms with van der Waals surface area (Å²) in [5, 5.41) is 0. The van der Waals surface area contributed by atoms with Crippen LogP contribution in [-0.2, 0) is 22.2 Å². The Balaban J connectivity index is 2.29. The van der Waals surface area contributed by atoms with Crippen LogP contribution < -0.4 is 0 Å². The Morgan fingerprint density at radius 3 is 1.88 bits per heavy atom. The fourth-order valence-corrected chi connectivity index (χ4v) is 2.89. The van der Waals surface area contributed by atoms with Crippen molar-refractivity contribution in [2.24, 2.45) is 5.92 Å². The van der Waals surface area contributed by atoms with E-state index in [0.717, 1.165) is 49.8 Å². The molecule has 0 atom stereocenters. The normalized spacial score (nSPS) is 11.8. The predicted octanol–water partition coefficient (Wildman–Crippen LogP) is 5.77. The molecule has 0 N–H and O–H groups in total. The molecule has 1 aromatic carbocycles. The summed E-state index contributed by atoms with van der Waals surface area (Å²) in [4.78, 5) is 23.6. The number of unbranched alkanes of at least 4 members (excludes halogenated alkanes) is 3. The molecule has 0 aliphatic carbocycles. The van der Waals surface area contributed by atoms with E-state index in [4.69, 9.17) is 0 Å². The Kier molecular flexibility index (Phi) is 8.87. The zero-order chi connectivity index (χ0) is 18.9. The average Bonchev–Trinajstić information content (AvgIpc) is 2.59. The fraction of sp³-hybridized carbons (Fsp3) is 0.600. The van der Waals surface area contributed by atoms with Gasteiger partial charge in [0, 0.05) is 12.8 Å². The lowest BCUT2D eigenvalue weighted by Gasteiger charge is -2.12. The number of rotatable bonds is 11. The van der Waals surface area contributed by atoms with Gasteiger partial charge in [0.15, 0.2) is 0 Å². The van der Waals surface area contributed by atoms with E-state index in [1.165, 1.54) is 12.1 Å². The van der Waals surface area contributed by atoms with E-state index in [0.29, 0.717) is 19.3 Å². The first-order chi connectivity index (χ1) is 11.8. The van der Waals surface area contributed by atoms with Crippen LogP contribution in [0.4, 0.5) is 13.2 Å². The van der Waals surface area contributed by atoms with Gasteiger partial charge in [-0.15, -0.1) is 0 Å². The minimum Gasteiger partial charge on any atom is -0.299 e. The lowest BCUT2D eigenvalue weighted by Crippen LogP contribution is -2.22. The number of halogens is 3. The maximum Gasteiger partial charge on any atom is 0.416 e. The van der Waals surface area contributed by atoms with Crippen LogP contribution >= 0.6 is 0 Å². The van der Waals surface area contributed by atoms with E-state index < -0.39 is 17.7 Å². The third-order valence-electron chi connectivity index (χ3n) is 4.46. The largest absolute Gasteiger partial charge is 0.416 e. The Morgan fingerprint density at radius 2 is 1.40 bits per heavy atom. The molecule has 25 heavy (non-hydrogen) atoms. The van der Waals surface area contributed by atoms with Crippen molar-refractivity contribution < 1.29 is 22.8 Å². The van der Waals surface area contributed by atoms with Gasteiger partial charge >= 0.3 is 6.18 Å². The summed E-state index contributed by atoms with van der Waals surface area (Å²) in [7, 11) is 0. The van der Waals surface area contributed by atoms with Crippen molar-refractivity contribution in [2.75, 3.05) is 0 Å². The number of carbonyl (C=O) groups is 2. The summed E-state index contributed by atoms with van der Waals surface area (Å²) in [6.07, 6.45) is 1.42. The highest BCUT2D eigenvalue weighted by Crippen LogP contribution is 2.29. The van der Waals surface area contributed by atoms with Crippen LogP contribution in [0, 0.1) is 5.92 Å². The van der Waals surface area contributed by atoms with E-state index in [9.17, 15) is 22.8 Å². The van der Waals surface area contributed by atoms with Gasteiger partial charge in [-0.2, -0.15) is 13.2 Å². The van der Waals surface area contributed by atoms with Crippen LogP contribution in [0.1, 0.15) is 69.9 Å². The van der Waals surface area contributed by atoms with Crippen molar-refractivity contribution in [1.82, 2.24) is 0 Å². The van der Waals surface area contributed by atoms with Gasteiger partial charge < -0.3 is 0 Å². The molecule has 0 heterocycles. The number of aryl methyl sites for hydroxylation is 1. The van der Waals surface area contributed by atoms with Gasteiger partial charge in [0.25, 0.3) is 0 Å². The molecular weight excluding hydrogens is 329 g/mol. The molecule has 0 radical (unpaired) electrons. The quantitative estimate of drug-likeness (QED) is 0.372. The summed E-state index contributed by atoms with van der Waals surface area (Å²) < 4.78 is 37.5. The molecule has 0 saturated carbocycles. The van der Waals surface area contributed by atoms with Gasteiger partial charge in [0.05, 0.1) is 11.5 Å². The fourth-order valence-electron chi connectivity index (χ4n) is 2.89. The Morgan fingerprint density at radius 1 is 0.880 bits per heavy atom. The minimum atomic E-state index is -4.29. The van der Waals surface area contributed by atoms with Crippen LogP contribution in [-0.4, -0.2) is 11.6 Å². The number of carbonyl (C=O) groups excluding carboxylic acids is 2. The minimum absolute atomic E-state index is 0.0246. The third-order valence-corrected chi connectivity index (χ3v) is 4.46. The average molecular weight is 356 g/mol. The van der Waals surface area contributed by atoms with Crippen LogP contribution in [0.3, 0.4) is 0 Å². The lowest BCUT2D eigenvalue weighted by molar-refractivity contribution is -0.137. The van der Waals surface area contributed by atoms with E-state index in [-0.39, 0.29) is 11.6 Å². The van der Waals surface area contributed by atoms with Crippen LogP contribution in [0.15, 0.2) is 24.3 Å². The molecule has 0 aromatic heterocycles. The topological polar surface area (TPSA) is 34.1 Å². The smallest absolute Gasteiger partial charge is 0.299 e. The summed E-state index contributed by atoms with van der Waals surface area (Å²) in [6, 6.07) is 5.29. The summed E-state index contributed by atoms with van der Waals surface area (Å²) in [5.41, 5.74) is 0.275. The van der Waals surface area contributed by atoms with E-state index in [1.807, 2.05) is 0 Å². The Hall–Kier alpha value is -1.65. The number of hydrogen-bond acceptors (Lipinski definition) is 2. The van der Waals surface area contributed by atoms with Crippen molar-refractivity contribution >= 4 is 11.6 Å². The second kappa shape index (κ2) is 10.4. The molecule has 1 aromatic rings. The number of ketones is 2. The predicted molar refractivity (Wildman–Crippen MR) is 92.3 cm³/mol. The van der Waals surface area contributed by atoms with Crippen LogP contribution in [0.5, 0.6) is 0 Å². The summed E-state index contributed by atoms with van der Waals surface area (Å²) >= 11 is 0. The van der Waals surface area contributed by atoms with Gasteiger partial charge in [-0.1, -0.05) is 45.2 Å². The van der Waals surface area contributed by atoms with E-state index in [1.54, 1.807) is 13.8 Å². The molecular formula is C20H27F3O2. The second-order valence-corrected chi connectivity index (χ2v) is 6.34. The summed E-state index contributed by atoms with van der Waals surface area (Å²) in [6.45, 7) is 3.56. The molecule has 1 rings (SSSR count). The molecule has 140 valence electrons. The standard InChI is InChI=1S/C20H27F3O2/c1-3-18(24)17(19(25)4-2)10-8-6-5-7-9-15-11-13-16(14-12-15)20(21,22)23/h11-14,17H,3-10H2,1-2H3.